The monoisotopic (exact) mass is 1070 g/mol. The fourth-order valence-corrected chi connectivity index (χ4v) is 13.0. The molecule has 0 bridgehead atoms. The molecule has 0 saturated heterocycles. The number of hydrogen-bond donors (Lipinski definition) is 0. The molecule has 0 heteroatoms. The molecule has 0 amide bonds. The van der Waals surface area contributed by atoms with Gasteiger partial charge in [-0.2, -0.15) is 0 Å². The highest BCUT2D eigenvalue weighted by molar-refractivity contribution is 4.66. The van der Waals surface area contributed by atoms with Gasteiger partial charge in [0.1, 0.15) is 0 Å². The number of hydrogen-bond acceptors (Lipinski definition) is 0. The van der Waals surface area contributed by atoms with E-state index >= 15 is 0 Å². The quantitative estimate of drug-likeness (QED) is 0.0421. The van der Waals surface area contributed by atoms with Crippen LogP contribution in [-0.4, -0.2) is 0 Å². The van der Waals surface area contributed by atoms with Crippen LogP contribution in [0.5, 0.6) is 0 Å². The van der Waals surface area contributed by atoms with E-state index in [4.69, 9.17) is 0 Å². The molecule has 0 aromatic heterocycles. The minimum atomic E-state index is 1.03. The summed E-state index contributed by atoms with van der Waals surface area (Å²) in [5.74, 6) is 1.03. The van der Waals surface area contributed by atoms with Crippen molar-refractivity contribution in [3.63, 3.8) is 0 Å². The molecule has 1 atom stereocenters. The van der Waals surface area contributed by atoms with E-state index in [0.717, 1.165) is 5.92 Å². The average molecular weight is 1070 g/mol. The summed E-state index contributed by atoms with van der Waals surface area (Å²) in [6.45, 7) is 8.48. The Labute approximate surface area is 485 Å². The Bertz CT molecular complexity index is 963. The van der Waals surface area contributed by atoms with Crippen LogP contribution >= 0.6 is 0 Å². The van der Waals surface area contributed by atoms with E-state index in [0.29, 0.717) is 0 Å². The molecule has 0 spiro atoms. The van der Waals surface area contributed by atoms with Crippen LogP contribution < -0.4 is 0 Å². The SMILES string of the molecule is C=CCCCCCCCCCCCCCCCCCCCCCCCC(CCCCCCCCCCCCCCCCC)CCCCCCCCCCCCCCCCCCCCCCCCCCCCCCCCC. The minimum absolute atomic E-state index is 1.03. The first kappa shape index (κ1) is 75.7. The summed E-state index contributed by atoms with van der Waals surface area (Å²) in [7, 11) is 0. The third-order valence-electron chi connectivity index (χ3n) is 18.5. The van der Waals surface area contributed by atoms with Gasteiger partial charge in [0.15, 0.2) is 0 Å². The predicted octanol–water partition coefficient (Wildman–Crippen LogP) is 29.5. The Kier molecular flexibility index (Phi) is 72.5. The third kappa shape index (κ3) is 69.8. The van der Waals surface area contributed by atoms with Crippen molar-refractivity contribution in [2.75, 3.05) is 0 Å². The maximum Gasteiger partial charge on any atom is -0.0353 e. The zero-order valence-corrected chi connectivity index (χ0v) is 54.1. The van der Waals surface area contributed by atoms with Gasteiger partial charge in [-0.1, -0.05) is 463 Å². The molecule has 0 aliphatic carbocycles. The maximum atomic E-state index is 3.84. The van der Waals surface area contributed by atoms with Crippen molar-refractivity contribution in [2.24, 2.45) is 5.92 Å². The van der Waals surface area contributed by atoms with Crippen LogP contribution in [0.15, 0.2) is 12.7 Å². The molecule has 0 fully saturated rings. The lowest BCUT2D eigenvalue weighted by Gasteiger charge is -2.17. The van der Waals surface area contributed by atoms with Crippen LogP contribution in [0, 0.1) is 5.92 Å². The molecule has 456 valence electrons. The van der Waals surface area contributed by atoms with Gasteiger partial charge in [-0.3, -0.25) is 0 Å². The van der Waals surface area contributed by atoms with Gasteiger partial charge in [0.05, 0.1) is 0 Å². The molecule has 76 heavy (non-hydrogen) atoms. The molecule has 0 radical (unpaired) electrons. The smallest absolute Gasteiger partial charge is 0.0353 e. The van der Waals surface area contributed by atoms with E-state index < -0.39 is 0 Å². The van der Waals surface area contributed by atoms with Gasteiger partial charge < -0.3 is 0 Å². The molecule has 0 N–H and O–H groups in total. The van der Waals surface area contributed by atoms with Crippen LogP contribution in [0.2, 0.25) is 0 Å². The van der Waals surface area contributed by atoms with Crippen LogP contribution in [0.4, 0.5) is 0 Å². The van der Waals surface area contributed by atoms with Crippen molar-refractivity contribution in [1.29, 1.82) is 0 Å². The van der Waals surface area contributed by atoms with Gasteiger partial charge in [-0.25, -0.2) is 0 Å². The molecule has 0 aromatic rings. The van der Waals surface area contributed by atoms with E-state index in [2.05, 4.69) is 26.5 Å². The van der Waals surface area contributed by atoms with Crippen molar-refractivity contribution in [1.82, 2.24) is 0 Å². The normalized spacial score (nSPS) is 12.1. The van der Waals surface area contributed by atoms with Gasteiger partial charge in [0, 0.05) is 0 Å². The molecule has 1 unspecified atom stereocenters. The maximum absolute atomic E-state index is 3.84. The molecular weight excluding hydrogens is 913 g/mol. The molecule has 0 aliphatic heterocycles. The molecule has 0 nitrogen and oxygen atoms in total. The van der Waals surface area contributed by atoms with Crippen LogP contribution in [0.1, 0.15) is 470 Å². The van der Waals surface area contributed by atoms with Crippen LogP contribution in [0.25, 0.3) is 0 Å². The standard InChI is InChI=1S/C76H152/c1-4-7-10-13-16-19-22-25-28-30-32-34-36-37-38-39-40-41-42-43-45-47-49-51-54-57-60-63-66-69-72-75-76(73-70-67-64-61-58-55-52-27-24-21-18-15-12-9-6-3)74-71-68-65-62-59-56-53-50-48-46-44-35-33-31-29-26-23-20-17-14-11-8-5-2/h5,76H,2,4,6-75H2,1,3H3. The van der Waals surface area contributed by atoms with E-state index in [1.54, 1.807) is 0 Å². The lowest BCUT2D eigenvalue weighted by Crippen LogP contribution is -2.01. The minimum Gasteiger partial charge on any atom is -0.103 e. The largest absolute Gasteiger partial charge is 0.103 e. The Morgan fingerprint density at radius 3 is 0.421 bits per heavy atom. The summed E-state index contributed by atoms with van der Waals surface area (Å²) in [4.78, 5) is 0. The van der Waals surface area contributed by atoms with Crippen LogP contribution in [-0.2, 0) is 0 Å². The summed E-state index contributed by atoms with van der Waals surface area (Å²) in [5.41, 5.74) is 0. The first-order chi connectivity index (χ1) is 37.8. The molecule has 0 heterocycles. The van der Waals surface area contributed by atoms with Gasteiger partial charge in [-0.15, -0.1) is 6.58 Å². The van der Waals surface area contributed by atoms with E-state index in [1.165, 1.54) is 456 Å². The summed E-state index contributed by atoms with van der Waals surface area (Å²) in [6, 6.07) is 0. The van der Waals surface area contributed by atoms with Crippen molar-refractivity contribution in [3.8, 4) is 0 Å². The molecule has 0 aromatic carbocycles. The summed E-state index contributed by atoms with van der Waals surface area (Å²) in [6.07, 6.45) is 107. The third-order valence-corrected chi connectivity index (χ3v) is 18.5. The Morgan fingerprint density at radius 1 is 0.171 bits per heavy atom. The van der Waals surface area contributed by atoms with E-state index in [9.17, 15) is 0 Å². The Morgan fingerprint density at radius 2 is 0.289 bits per heavy atom. The summed E-state index contributed by atoms with van der Waals surface area (Å²) >= 11 is 0. The average Bonchev–Trinajstić information content (AvgIpc) is 3.43. The van der Waals surface area contributed by atoms with Crippen molar-refractivity contribution < 1.29 is 0 Å². The molecule has 0 aliphatic rings. The van der Waals surface area contributed by atoms with Gasteiger partial charge in [-0.05, 0) is 18.8 Å². The topological polar surface area (TPSA) is 0 Å². The van der Waals surface area contributed by atoms with Gasteiger partial charge in [0.2, 0.25) is 0 Å². The van der Waals surface area contributed by atoms with Gasteiger partial charge >= 0.3 is 0 Å². The predicted molar refractivity (Wildman–Crippen MR) is 353 cm³/mol. The highest BCUT2D eigenvalue weighted by Gasteiger charge is 2.09. The van der Waals surface area contributed by atoms with Gasteiger partial charge in [0.25, 0.3) is 0 Å². The zero-order chi connectivity index (χ0) is 54.5. The summed E-state index contributed by atoms with van der Waals surface area (Å²) < 4.78 is 0. The Hall–Kier alpha value is -0.260. The lowest BCUT2D eigenvalue weighted by molar-refractivity contribution is 0.365. The van der Waals surface area contributed by atoms with Crippen molar-refractivity contribution >= 4 is 0 Å². The van der Waals surface area contributed by atoms with Crippen LogP contribution in [0.3, 0.4) is 0 Å². The molecule has 0 saturated carbocycles. The second-order valence-corrected chi connectivity index (χ2v) is 26.3. The fraction of sp³-hybridized carbons (Fsp3) is 0.974. The van der Waals surface area contributed by atoms with E-state index in [1.807, 2.05) is 0 Å². The number of rotatable bonds is 72. The summed E-state index contributed by atoms with van der Waals surface area (Å²) in [5, 5.41) is 0. The molecular formula is C76H152. The lowest BCUT2D eigenvalue weighted by atomic mass is 9.89. The second-order valence-electron chi connectivity index (χ2n) is 26.3. The Balaban J connectivity index is 3.87. The first-order valence-corrected chi connectivity index (χ1v) is 37.5. The van der Waals surface area contributed by atoms with Crippen molar-refractivity contribution in [3.05, 3.63) is 12.7 Å². The fourth-order valence-electron chi connectivity index (χ4n) is 13.0. The highest BCUT2D eigenvalue weighted by atomic mass is 14.2. The van der Waals surface area contributed by atoms with Crippen molar-refractivity contribution in [2.45, 2.75) is 470 Å². The zero-order valence-electron chi connectivity index (χ0n) is 54.1. The molecule has 0 rings (SSSR count). The first-order valence-electron chi connectivity index (χ1n) is 37.5. The second kappa shape index (κ2) is 72.8. The highest BCUT2D eigenvalue weighted by Crippen LogP contribution is 2.26. The van der Waals surface area contributed by atoms with E-state index in [-0.39, 0.29) is 0 Å². The number of allylic oxidation sites excluding steroid dienone is 1. The number of unbranched alkanes of at least 4 members (excludes halogenated alkanes) is 65.